The molecular weight excluding hydrogens is 355 g/mol. The van der Waals surface area contributed by atoms with Gasteiger partial charge >= 0.3 is 0 Å². The molecule has 0 unspecified atom stereocenters. The Hall–Kier alpha value is -0.0400. The molecule has 0 radical (unpaired) electrons. The highest BCUT2D eigenvalue weighted by molar-refractivity contribution is 7.89. The first-order valence-corrected chi connectivity index (χ1v) is 9.30. The van der Waals surface area contributed by atoms with Gasteiger partial charge in [0, 0.05) is 26.2 Å². The van der Waals surface area contributed by atoms with Gasteiger partial charge in [-0.2, -0.15) is 4.31 Å². The van der Waals surface area contributed by atoms with Crippen LogP contribution in [0.5, 0.6) is 0 Å². The number of benzene rings is 1. The molecule has 21 heavy (non-hydrogen) atoms. The number of hydrogen-bond acceptors (Lipinski definition) is 3. The molecule has 8 heteroatoms. The zero-order valence-electron chi connectivity index (χ0n) is 11.7. The average molecular weight is 372 g/mol. The number of piperazine rings is 1. The molecule has 1 saturated heterocycles. The van der Waals surface area contributed by atoms with Crippen LogP contribution in [0.15, 0.2) is 17.0 Å². The second-order valence-corrected chi connectivity index (χ2v) is 8.07. The minimum absolute atomic E-state index is 0.0162. The molecule has 118 valence electrons. The number of sulfonamides is 1. The second-order valence-electron chi connectivity index (χ2n) is 4.94. The summed E-state index contributed by atoms with van der Waals surface area (Å²) in [7, 11) is -3.64. The van der Waals surface area contributed by atoms with E-state index < -0.39 is 10.0 Å². The van der Waals surface area contributed by atoms with Gasteiger partial charge in [0.2, 0.25) is 10.0 Å². The minimum atomic E-state index is -3.64. The molecule has 0 amide bonds. The Bertz CT molecular complexity index is 614. The highest BCUT2D eigenvalue weighted by Gasteiger charge is 2.30. The van der Waals surface area contributed by atoms with Crippen LogP contribution in [0.1, 0.15) is 13.3 Å². The van der Waals surface area contributed by atoms with Crippen molar-refractivity contribution in [1.82, 2.24) is 9.21 Å². The van der Waals surface area contributed by atoms with Gasteiger partial charge in [-0.15, -0.1) is 0 Å². The lowest BCUT2D eigenvalue weighted by Crippen LogP contribution is -2.48. The molecule has 1 aromatic rings. The van der Waals surface area contributed by atoms with E-state index in [1.807, 2.05) is 0 Å². The molecule has 0 atom stereocenters. The van der Waals surface area contributed by atoms with Gasteiger partial charge in [-0.1, -0.05) is 41.7 Å². The predicted molar refractivity (Wildman–Crippen MR) is 87.0 cm³/mol. The largest absolute Gasteiger partial charge is 0.301 e. The van der Waals surface area contributed by atoms with Gasteiger partial charge < -0.3 is 4.90 Å². The fraction of sp³-hybridized carbons (Fsp3) is 0.538. The van der Waals surface area contributed by atoms with E-state index in [2.05, 4.69) is 11.8 Å². The van der Waals surface area contributed by atoms with Crippen LogP contribution in [-0.2, 0) is 10.0 Å². The molecule has 4 nitrogen and oxygen atoms in total. The second kappa shape index (κ2) is 7.02. The van der Waals surface area contributed by atoms with Crippen LogP contribution in [0, 0.1) is 0 Å². The van der Waals surface area contributed by atoms with E-state index >= 15 is 0 Å². The molecule has 0 spiro atoms. The average Bonchev–Trinajstić information content (AvgIpc) is 2.43. The van der Waals surface area contributed by atoms with Crippen molar-refractivity contribution >= 4 is 44.8 Å². The van der Waals surface area contributed by atoms with Gasteiger partial charge in [-0.05, 0) is 25.1 Å². The Kier molecular flexibility index (Phi) is 5.79. The first-order valence-electron chi connectivity index (χ1n) is 6.73. The Balaban J connectivity index is 2.22. The third-order valence-corrected chi connectivity index (χ3v) is 6.55. The van der Waals surface area contributed by atoms with Crippen molar-refractivity contribution in [2.24, 2.45) is 0 Å². The van der Waals surface area contributed by atoms with E-state index in [-0.39, 0.29) is 20.0 Å². The Morgan fingerprint density at radius 1 is 1.00 bits per heavy atom. The lowest BCUT2D eigenvalue weighted by atomic mass is 10.3. The maximum absolute atomic E-state index is 12.7. The van der Waals surface area contributed by atoms with E-state index in [0.717, 1.165) is 26.1 Å². The van der Waals surface area contributed by atoms with Gasteiger partial charge in [0.1, 0.15) is 4.90 Å². The zero-order valence-corrected chi connectivity index (χ0v) is 14.7. The quantitative estimate of drug-likeness (QED) is 0.762. The normalized spacial score (nSPS) is 18.1. The van der Waals surface area contributed by atoms with Crippen LogP contribution >= 0.6 is 34.8 Å². The Morgan fingerprint density at radius 3 is 2.14 bits per heavy atom. The number of halogens is 3. The fourth-order valence-electron chi connectivity index (χ4n) is 2.35. The molecular formula is C13H17Cl3N2O2S. The summed E-state index contributed by atoms with van der Waals surface area (Å²) in [5.41, 5.74) is 0. The van der Waals surface area contributed by atoms with Gasteiger partial charge in [-0.3, -0.25) is 0 Å². The summed E-state index contributed by atoms with van der Waals surface area (Å²) >= 11 is 17.8. The van der Waals surface area contributed by atoms with E-state index in [1.165, 1.54) is 16.4 Å². The molecule has 1 heterocycles. The van der Waals surface area contributed by atoms with E-state index in [0.29, 0.717) is 13.1 Å². The maximum Gasteiger partial charge on any atom is 0.244 e. The third kappa shape index (κ3) is 3.84. The summed E-state index contributed by atoms with van der Waals surface area (Å²) < 4.78 is 26.8. The summed E-state index contributed by atoms with van der Waals surface area (Å²) in [6.45, 7) is 5.47. The van der Waals surface area contributed by atoms with Crippen LogP contribution in [0.3, 0.4) is 0 Å². The first kappa shape index (κ1) is 17.3. The molecule has 2 rings (SSSR count). The zero-order chi connectivity index (χ0) is 15.6. The Labute approximate surface area is 140 Å². The monoisotopic (exact) mass is 370 g/mol. The summed E-state index contributed by atoms with van der Waals surface area (Å²) in [5.74, 6) is 0. The van der Waals surface area contributed by atoms with Gasteiger partial charge in [-0.25, -0.2) is 8.42 Å². The number of hydrogen-bond donors (Lipinski definition) is 0. The molecule has 0 bridgehead atoms. The van der Waals surface area contributed by atoms with Crippen LogP contribution < -0.4 is 0 Å². The molecule has 1 fully saturated rings. The molecule has 1 aliphatic rings. The van der Waals surface area contributed by atoms with Crippen molar-refractivity contribution in [3.05, 3.63) is 27.2 Å². The van der Waals surface area contributed by atoms with Crippen LogP contribution in [-0.4, -0.2) is 50.3 Å². The van der Waals surface area contributed by atoms with E-state index in [1.54, 1.807) is 0 Å². The summed E-state index contributed by atoms with van der Waals surface area (Å²) in [6, 6.07) is 2.69. The van der Waals surface area contributed by atoms with Crippen molar-refractivity contribution in [2.75, 3.05) is 32.7 Å². The van der Waals surface area contributed by atoms with Crippen molar-refractivity contribution in [3.63, 3.8) is 0 Å². The van der Waals surface area contributed by atoms with Crippen molar-refractivity contribution in [2.45, 2.75) is 18.2 Å². The van der Waals surface area contributed by atoms with Crippen molar-refractivity contribution < 1.29 is 8.42 Å². The van der Waals surface area contributed by atoms with Gasteiger partial charge in [0.25, 0.3) is 0 Å². The molecule has 1 aromatic carbocycles. The standard InChI is InChI=1S/C13H17Cl3N2O2S/c1-2-3-17-4-6-18(7-5-17)21(19,20)13-9-11(15)10(14)8-12(13)16/h8-9H,2-7H2,1H3. The topological polar surface area (TPSA) is 40.6 Å². The Morgan fingerprint density at radius 2 is 1.57 bits per heavy atom. The van der Waals surface area contributed by atoms with Crippen LogP contribution in [0.25, 0.3) is 0 Å². The highest BCUT2D eigenvalue weighted by Crippen LogP contribution is 2.33. The van der Waals surface area contributed by atoms with E-state index in [4.69, 9.17) is 34.8 Å². The van der Waals surface area contributed by atoms with Crippen molar-refractivity contribution in [1.29, 1.82) is 0 Å². The molecule has 1 aliphatic heterocycles. The maximum atomic E-state index is 12.7. The summed E-state index contributed by atoms with van der Waals surface area (Å²) in [5, 5.41) is 0.526. The SMILES string of the molecule is CCCN1CCN(S(=O)(=O)c2cc(Cl)c(Cl)cc2Cl)CC1. The van der Waals surface area contributed by atoms with Crippen molar-refractivity contribution in [3.8, 4) is 0 Å². The molecule has 0 aromatic heterocycles. The summed E-state index contributed by atoms with van der Waals surface area (Å²) in [4.78, 5) is 2.27. The number of nitrogens with zero attached hydrogens (tertiary/aromatic N) is 2. The third-order valence-electron chi connectivity index (χ3n) is 3.46. The number of rotatable bonds is 4. The lowest BCUT2D eigenvalue weighted by Gasteiger charge is -2.33. The van der Waals surface area contributed by atoms with Crippen LogP contribution in [0.2, 0.25) is 15.1 Å². The van der Waals surface area contributed by atoms with Gasteiger partial charge in [0.15, 0.2) is 0 Å². The van der Waals surface area contributed by atoms with E-state index in [9.17, 15) is 8.42 Å². The first-order chi connectivity index (χ1) is 9.86. The fourth-order valence-corrected chi connectivity index (χ4v) is 4.75. The highest BCUT2D eigenvalue weighted by atomic mass is 35.5. The molecule has 0 N–H and O–H groups in total. The lowest BCUT2D eigenvalue weighted by molar-refractivity contribution is 0.188. The molecule has 0 saturated carbocycles. The van der Waals surface area contributed by atoms with Gasteiger partial charge in [0.05, 0.1) is 15.1 Å². The predicted octanol–water partition coefficient (Wildman–Crippen LogP) is 3.36. The molecule has 0 aliphatic carbocycles. The minimum Gasteiger partial charge on any atom is -0.301 e. The van der Waals surface area contributed by atoms with Crippen LogP contribution in [0.4, 0.5) is 0 Å². The smallest absolute Gasteiger partial charge is 0.244 e. The summed E-state index contributed by atoms with van der Waals surface area (Å²) in [6.07, 6.45) is 1.06.